The number of aliphatic hydroxyl groups is 1. The van der Waals surface area contributed by atoms with E-state index in [2.05, 4.69) is 10.2 Å². The van der Waals surface area contributed by atoms with Crippen LogP contribution in [0.25, 0.3) is 0 Å². The van der Waals surface area contributed by atoms with Crippen molar-refractivity contribution in [1.29, 1.82) is 0 Å². The van der Waals surface area contributed by atoms with Crippen molar-refractivity contribution in [1.82, 2.24) is 0 Å². The summed E-state index contributed by atoms with van der Waals surface area (Å²) in [6.07, 6.45) is 1.39. The number of fused-ring (bicyclic) bond motifs is 1. The molecular formula is C27H40F3N3O2. The zero-order chi connectivity index (χ0) is 25.8. The largest absolute Gasteiger partial charge is 0.397 e. The van der Waals surface area contributed by atoms with E-state index in [0.29, 0.717) is 30.0 Å². The molecule has 1 saturated heterocycles. The van der Waals surface area contributed by atoms with Crippen LogP contribution in [0.1, 0.15) is 83.0 Å². The number of benzene rings is 1. The molecule has 3 aliphatic carbocycles. The molecule has 4 fully saturated rings. The molecule has 3 saturated carbocycles. The smallest absolute Gasteiger partial charge is 0.391 e. The van der Waals surface area contributed by atoms with Gasteiger partial charge in [0.1, 0.15) is 0 Å². The number of hydrogen-bond acceptors (Lipinski definition) is 5. The van der Waals surface area contributed by atoms with Gasteiger partial charge in [0.2, 0.25) is 0 Å². The molecule has 4 aliphatic rings. The summed E-state index contributed by atoms with van der Waals surface area (Å²) in [5, 5.41) is 13.9. The van der Waals surface area contributed by atoms with E-state index >= 15 is 0 Å². The Bertz CT molecular complexity index is 934. The number of nitrogens with one attached hydrogen (secondary N) is 1. The Labute approximate surface area is 206 Å². The van der Waals surface area contributed by atoms with Crippen molar-refractivity contribution in [3.8, 4) is 0 Å². The van der Waals surface area contributed by atoms with Gasteiger partial charge in [-0.1, -0.05) is 19.8 Å². The molecule has 4 N–H and O–H groups in total. The van der Waals surface area contributed by atoms with Crippen LogP contribution in [0.3, 0.4) is 0 Å². The summed E-state index contributed by atoms with van der Waals surface area (Å²) in [7, 11) is 0. The molecule has 1 aromatic rings. The summed E-state index contributed by atoms with van der Waals surface area (Å²) < 4.78 is 36.2. The second-order valence-corrected chi connectivity index (χ2v) is 11.9. The molecule has 8 heteroatoms. The van der Waals surface area contributed by atoms with Gasteiger partial charge >= 0.3 is 6.18 Å². The molecule has 1 aromatic carbocycles. The van der Waals surface area contributed by atoms with E-state index in [-0.39, 0.29) is 11.3 Å². The normalized spacial score (nSPS) is 29.1. The van der Waals surface area contributed by atoms with Crippen LogP contribution in [0.2, 0.25) is 0 Å². The number of Topliss-reactive ketones (excluding diaryl/α,β-unsaturated/α-hetero) is 1. The number of anilines is 3. The van der Waals surface area contributed by atoms with Crippen LogP contribution in [-0.2, 0) is 0 Å². The van der Waals surface area contributed by atoms with Crippen molar-refractivity contribution >= 4 is 22.8 Å². The van der Waals surface area contributed by atoms with Gasteiger partial charge in [-0.2, -0.15) is 13.2 Å². The predicted octanol–water partition coefficient (Wildman–Crippen LogP) is 6.02. The van der Waals surface area contributed by atoms with E-state index in [9.17, 15) is 23.1 Å². The molecule has 5 rings (SSSR count). The number of alkyl halides is 3. The van der Waals surface area contributed by atoms with Crippen molar-refractivity contribution in [2.45, 2.75) is 90.0 Å². The number of carbonyl (C=O) groups is 1. The van der Waals surface area contributed by atoms with Crippen molar-refractivity contribution in [2.75, 3.05) is 29.0 Å². The van der Waals surface area contributed by atoms with Gasteiger partial charge in [0.15, 0.2) is 5.78 Å². The highest BCUT2D eigenvalue weighted by Gasteiger charge is 2.54. The SMILES string of the molecule is CC(=O)c1cc(N)c(NC2(C(C)(C)O)CC2)cc1N1CC2CC2C1.CC1CCC(C(F)(F)F)CC1. The summed E-state index contributed by atoms with van der Waals surface area (Å²) in [6, 6.07) is 3.81. The molecule has 0 bridgehead atoms. The fourth-order valence-electron chi connectivity index (χ4n) is 5.71. The van der Waals surface area contributed by atoms with E-state index in [1.165, 1.54) is 6.42 Å². The monoisotopic (exact) mass is 495 g/mol. The maximum Gasteiger partial charge on any atom is 0.391 e. The van der Waals surface area contributed by atoms with Gasteiger partial charge in [0.05, 0.1) is 28.4 Å². The zero-order valence-electron chi connectivity index (χ0n) is 21.3. The third-order valence-corrected chi connectivity index (χ3v) is 8.64. The second-order valence-electron chi connectivity index (χ2n) is 11.9. The average molecular weight is 496 g/mol. The zero-order valence-corrected chi connectivity index (χ0v) is 21.3. The predicted molar refractivity (Wildman–Crippen MR) is 134 cm³/mol. The van der Waals surface area contributed by atoms with Gasteiger partial charge in [0.25, 0.3) is 0 Å². The first-order valence-electron chi connectivity index (χ1n) is 13.0. The standard InChI is InChI=1S/C19H27N3O2.C8H13F3/c1-11(23)14-7-15(20)16(21-19(4-5-19)18(2,3)24)8-17(14)22-9-12-6-13(12)10-22;1-6-2-4-7(5-3-6)8(9,10)11/h7-8,12-13,21,24H,4-6,9-10,20H2,1-3H3;6-7H,2-5H2,1H3. The van der Waals surface area contributed by atoms with Gasteiger partial charge in [-0.15, -0.1) is 0 Å². The summed E-state index contributed by atoms with van der Waals surface area (Å²) >= 11 is 0. The van der Waals surface area contributed by atoms with Crippen LogP contribution in [0.15, 0.2) is 12.1 Å². The number of halogens is 3. The minimum atomic E-state index is -3.94. The Morgan fingerprint density at radius 3 is 2.14 bits per heavy atom. The molecule has 0 spiro atoms. The quantitative estimate of drug-likeness (QED) is 0.344. The highest BCUT2D eigenvalue weighted by atomic mass is 19.4. The maximum atomic E-state index is 12.1. The summed E-state index contributed by atoms with van der Waals surface area (Å²) in [5.41, 5.74) is 8.19. The molecule has 196 valence electrons. The van der Waals surface area contributed by atoms with E-state index in [1.54, 1.807) is 13.0 Å². The third-order valence-electron chi connectivity index (χ3n) is 8.64. The number of carbonyl (C=O) groups excluding carboxylic acids is 1. The first-order valence-corrected chi connectivity index (χ1v) is 13.0. The highest BCUT2D eigenvalue weighted by Crippen LogP contribution is 2.50. The van der Waals surface area contributed by atoms with Crippen LogP contribution in [-0.4, -0.2) is 41.3 Å². The summed E-state index contributed by atoms with van der Waals surface area (Å²) in [6.45, 7) is 9.36. The van der Waals surface area contributed by atoms with E-state index in [1.807, 2.05) is 26.8 Å². The Hall–Kier alpha value is -1.96. The molecule has 35 heavy (non-hydrogen) atoms. The molecule has 2 atom stereocenters. The molecule has 2 unspecified atom stereocenters. The minimum Gasteiger partial charge on any atom is -0.397 e. The Kier molecular flexibility index (Phi) is 6.84. The number of piperidine rings is 1. The van der Waals surface area contributed by atoms with Crippen molar-refractivity contribution in [2.24, 2.45) is 23.7 Å². The number of nitrogens with two attached hydrogens (primary N) is 1. The number of nitrogens with zero attached hydrogens (tertiary/aromatic N) is 1. The highest BCUT2D eigenvalue weighted by molar-refractivity contribution is 6.02. The molecule has 0 aromatic heterocycles. The third kappa shape index (κ3) is 5.73. The lowest BCUT2D eigenvalue weighted by molar-refractivity contribution is -0.183. The number of nitrogen functional groups attached to an aromatic ring is 1. The molecule has 1 heterocycles. The first-order chi connectivity index (χ1) is 16.2. The fraction of sp³-hybridized carbons (Fsp3) is 0.741. The van der Waals surface area contributed by atoms with E-state index in [4.69, 9.17) is 5.73 Å². The maximum absolute atomic E-state index is 12.1. The van der Waals surface area contributed by atoms with Crippen LogP contribution >= 0.6 is 0 Å². The van der Waals surface area contributed by atoms with Gasteiger partial charge in [-0.25, -0.2) is 0 Å². The van der Waals surface area contributed by atoms with Gasteiger partial charge < -0.3 is 21.1 Å². The molecule has 0 radical (unpaired) electrons. The van der Waals surface area contributed by atoms with E-state index < -0.39 is 17.7 Å². The lowest BCUT2D eigenvalue weighted by atomic mass is 9.83. The van der Waals surface area contributed by atoms with Crippen molar-refractivity contribution in [3.05, 3.63) is 17.7 Å². The molecule has 5 nitrogen and oxygen atoms in total. The Morgan fingerprint density at radius 1 is 1.11 bits per heavy atom. The van der Waals surface area contributed by atoms with Crippen molar-refractivity contribution < 1.29 is 23.1 Å². The van der Waals surface area contributed by atoms with Crippen LogP contribution in [0.4, 0.5) is 30.2 Å². The van der Waals surface area contributed by atoms with E-state index in [0.717, 1.165) is 62.0 Å². The number of hydrogen-bond donors (Lipinski definition) is 3. The lowest BCUT2D eigenvalue weighted by Crippen LogP contribution is -2.44. The lowest BCUT2D eigenvalue weighted by Gasteiger charge is -2.32. The van der Waals surface area contributed by atoms with Gasteiger partial charge in [-0.3, -0.25) is 4.79 Å². The van der Waals surface area contributed by atoms with Gasteiger partial charge in [0, 0.05) is 24.3 Å². The average Bonchev–Trinajstić information content (AvgIpc) is 3.66. The van der Waals surface area contributed by atoms with Crippen LogP contribution in [0, 0.1) is 23.7 Å². The summed E-state index contributed by atoms with van der Waals surface area (Å²) in [5.74, 6) is 1.12. The molecule has 1 aliphatic heterocycles. The molecular weight excluding hydrogens is 455 g/mol. The van der Waals surface area contributed by atoms with Crippen LogP contribution in [0.5, 0.6) is 0 Å². The van der Waals surface area contributed by atoms with Gasteiger partial charge in [-0.05, 0) is 82.8 Å². The number of ketones is 1. The Morgan fingerprint density at radius 2 is 1.69 bits per heavy atom. The second kappa shape index (κ2) is 9.16. The Balaban J connectivity index is 0.000000221. The minimum absolute atomic E-state index is 0.0486. The topological polar surface area (TPSA) is 78.6 Å². The molecule has 0 amide bonds. The first kappa shape index (κ1) is 26.1. The summed E-state index contributed by atoms with van der Waals surface area (Å²) in [4.78, 5) is 14.4. The van der Waals surface area contributed by atoms with Crippen molar-refractivity contribution in [3.63, 3.8) is 0 Å². The fourth-order valence-corrected chi connectivity index (χ4v) is 5.71. The number of rotatable bonds is 5. The van der Waals surface area contributed by atoms with Crippen LogP contribution < -0.4 is 16.0 Å².